The highest BCUT2D eigenvalue weighted by Gasteiger charge is 2.39. The first-order valence-corrected chi connectivity index (χ1v) is 8.45. The van der Waals surface area contributed by atoms with Crippen molar-refractivity contribution < 1.29 is 9.53 Å². The van der Waals surface area contributed by atoms with Crippen LogP contribution in [0.4, 0.5) is 0 Å². The molecule has 2 aliphatic heterocycles. The van der Waals surface area contributed by atoms with Gasteiger partial charge in [0.15, 0.2) is 0 Å². The number of hydrogen-bond acceptors (Lipinski definition) is 4. The van der Waals surface area contributed by atoms with Crippen LogP contribution in [-0.2, 0) is 0 Å². The van der Waals surface area contributed by atoms with E-state index in [2.05, 4.69) is 15.6 Å². The second-order valence-electron chi connectivity index (χ2n) is 6.66. The summed E-state index contributed by atoms with van der Waals surface area (Å²) >= 11 is 0. The largest absolute Gasteiger partial charge is 0.439 e. The SMILES string of the molecule is Cc1ccnc(Oc2ccc(C(=O)N[C@@H]3C[C@H]4CC[C@@H]3N4)cc2)c1. The lowest BCUT2D eigenvalue weighted by Gasteiger charge is -2.21. The first kappa shape index (κ1) is 15.1. The molecule has 0 radical (unpaired) electrons. The van der Waals surface area contributed by atoms with Crippen LogP contribution < -0.4 is 15.4 Å². The molecule has 3 heterocycles. The van der Waals surface area contributed by atoms with E-state index in [1.165, 1.54) is 6.42 Å². The van der Waals surface area contributed by atoms with Crippen LogP contribution in [0.3, 0.4) is 0 Å². The molecule has 2 saturated heterocycles. The van der Waals surface area contributed by atoms with Crippen molar-refractivity contribution in [2.24, 2.45) is 0 Å². The molecule has 124 valence electrons. The fraction of sp³-hybridized carbons (Fsp3) is 0.368. The van der Waals surface area contributed by atoms with Crippen molar-refractivity contribution in [1.29, 1.82) is 0 Å². The van der Waals surface area contributed by atoms with Gasteiger partial charge in [-0.2, -0.15) is 0 Å². The molecule has 5 nitrogen and oxygen atoms in total. The Morgan fingerprint density at radius 2 is 2.08 bits per heavy atom. The first-order valence-electron chi connectivity index (χ1n) is 8.45. The Morgan fingerprint density at radius 3 is 2.75 bits per heavy atom. The summed E-state index contributed by atoms with van der Waals surface area (Å²) in [6.45, 7) is 1.99. The number of carbonyl (C=O) groups is 1. The maximum Gasteiger partial charge on any atom is 0.251 e. The van der Waals surface area contributed by atoms with Gasteiger partial charge in [0.25, 0.3) is 5.91 Å². The van der Waals surface area contributed by atoms with Crippen molar-refractivity contribution in [2.75, 3.05) is 0 Å². The number of nitrogens with zero attached hydrogens (tertiary/aromatic N) is 1. The number of aryl methyl sites for hydroxylation is 1. The van der Waals surface area contributed by atoms with Crippen molar-refractivity contribution in [3.63, 3.8) is 0 Å². The molecule has 0 unspecified atom stereocenters. The summed E-state index contributed by atoms with van der Waals surface area (Å²) in [7, 11) is 0. The molecule has 1 aromatic heterocycles. The van der Waals surface area contributed by atoms with Gasteiger partial charge in [-0.05, 0) is 62.1 Å². The molecular formula is C19H21N3O2. The molecule has 0 spiro atoms. The molecule has 1 aromatic carbocycles. The average Bonchev–Trinajstić information content (AvgIpc) is 3.18. The minimum atomic E-state index is -0.0189. The van der Waals surface area contributed by atoms with E-state index in [1.54, 1.807) is 30.5 Å². The zero-order valence-electron chi connectivity index (χ0n) is 13.7. The molecule has 0 saturated carbocycles. The Bertz CT molecular complexity index is 745. The predicted octanol–water partition coefficient (Wildman–Crippen LogP) is 2.81. The molecule has 1 amide bonds. The van der Waals surface area contributed by atoms with Crippen LogP contribution >= 0.6 is 0 Å². The third-order valence-electron chi connectivity index (χ3n) is 4.85. The molecule has 2 aromatic rings. The van der Waals surface area contributed by atoms with Gasteiger partial charge < -0.3 is 15.4 Å². The number of ether oxygens (including phenoxy) is 1. The van der Waals surface area contributed by atoms with Gasteiger partial charge in [-0.15, -0.1) is 0 Å². The zero-order valence-corrected chi connectivity index (χ0v) is 13.7. The lowest BCUT2D eigenvalue weighted by atomic mass is 9.95. The van der Waals surface area contributed by atoms with Gasteiger partial charge in [0.1, 0.15) is 5.75 Å². The molecule has 2 aliphatic rings. The number of benzene rings is 1. The summed E-state index contributed by atoms with van der Waals surface area (Å²) in [6.07, 6.45) is 5.15. The Kier molecular flexibility index (Phi) is 3.94. The highest BCUT2D eigenvalue weighted by Crippen LogP contribution is 2.28. The highest BCUT2D eigenvalue weighted by atomic mass is 16.5. The third kappa shape index (κ3) is 3.12. The van der Waals surface area contributed by atoms with Gasteiger partial charge in [-0.3, -0.25) is 4.79 Å². The standard InChI is InChI=1S/C19H21N3O2/c1-12-8-9-20-18(10-12)24-15-5-2-13(3-6-15)19(23)22-17-11-14-4-7-16(17)21-14/h2-3,5-6,8-10,14,16-17,21H,4,7,11H2,1H3,(H,22,23)/t14-,16+,17-/m1/s1. The number of amides is 1. The number of pyridine rings is 1. The second-order valence-corrected chi connectivity index (χ2v) is 6.66. The number of nitrogens with one attached hydrogen (secondary N) is 2. The van der Waals surface area contributed by atoms with Gasteiger partial charge in [-0.1, -0.05) is 0 Å². The Labute approximate surface area is 141 Å². The topological polar surface area (TPSA) is 63.2 Å². The molecule has 4 rings (SSSR count). The van der Waals surface area contributed by atoms with Crippen LogP contribution in [0.2, 0.25) is 0 Å². The fourth-order valence-electron chi connectivity index (χ4n) is 3.59. The second kappa shape index (κ2) is 6.24. The predicted molar refractivity (Wildman–Crippen MR) is 91.3 cm³/mol. The van der Waals surface area contributed by atoms with Crippen LogP contribution in [0, 0.1) is 6.92 Å². The van der Waals surface area contributed by atoms with E-state index in [1.807, 2.05) is 19.1 Å². The lowest BCUT2D eigenvalue weighted by molar-refractivity contribution is 0.0931. The quantitative estimate of drug-likeness (QED) is 0.908. The van der Waals surface area contributed by atoms with E-state index in [0.717, 1.165) is 18.4 Å². The van der Waals surface area contributed by atoms with E-state index >= 15 is 0 Å². The number of rotatable bonds is 4. The first-order chi connectivity index (χ1) is 11.7. The van der Waals surface area contributed by atoms with Gasteiger partial charge in [0.2, 0.25) is 5.88 Å². The average molecular weight is 323 g/mol. The summed E-state index contributed by atoms with van der Waals surface area (Å²) in [5.74, 6) is 1.21. The van der Waals surface area contributed by atoms with Gasteiger partial charge in [-0.25, -0.2) is 4.98 Å². The lowest BCUT2D eigenvalue weighted by Crippen LogP contribution is -2.42. The molecule has 3 atom stereocenters. The minimum Gasteiger partial charge on any atom is -0.439 e. The van der Waals surface area contributed by atoms with Gasteiger partial charge >= 0.3 is 0 Å². The summed E-state index contributed by atoms with van der Waals surface area (Å²) in [6, 6.07) is 12.3. The van der Waals surface area contributed by atoms with Crippen LogP contribution in [0.1, 0.15) is 35.2 Å². The fourth-order valence-corrected chi connectivity index (χ4v) is 3.59. The van der Waals surface area contributed by atoms with Gasteiger partial charge in [0.05, 0.1) is 0 Å². The maximum absolute atomic E-state index is 12.4. The van der Waals surface area contributed by atoms with Crippen molar-refractivity contribution in [3.05, 3.63) is 53.7 Å². The van der Waals surface area contributed by atoms with Crippen molar-refractivity contribution >= 4 is 5.91 Å². The molecular weight excluding hydrogens is 302 g/mol. The highest BCUT2D eigenvalue weighted by molar-refractivity contribution is 5.94. The van der Waals surface area contributed by atoms with Crippen molar-refractivity contribution in [3.8, 4) is 11.6 Å². The van der Waals surface area contributed by atoms with Crippen LogP contribution in [-0.4, -0.2) is 29.0 Å². The van der Waals surface area contributed by atoms with E-state index in [4.69, 9.17) is 4.74 Å². The smallest absolute Gasteiger partial charge is 0.251 e. The molecule has 5 heteroatoms. The van der Waals surface area contributed by atoms with Crippen molar-refractivity contribution in [2.45, 2.75) is 44.3 Å². The summed E-state index contributed by atoms with van der Waals surface area (Å²) in [5.41, 5.74) is 1.75. The minimum absolute atomic E-state index is 0.0189. The number of hydrogen-bond donors (Lipinski definition) is 2. The Hall–Kier alpha value is -2.40. The Balaban J connectivity index is 1.39. The maximum atomic E-state index is 12.4. The number of aromatic nitrogens is 1. The molecule has 2 N–H and O–H groups in total. The Morgan fingerprint density at radius 1 is 1.25 bits per heavy atom. The molecule has 0 aliphatic carbocycles. The van der Waals surface area contributed by atoms with Crippen LogP contribution in [0.5, 0.6) is 11.6 Å². The normalized spacial score (nSPS) is 24.8. The monoisotopic (exact) mass is 323 g/mol. The molecule has 2 bridgehead atoms. The zero-order chi connectivity index (χ0) is 16.5. The van der Waals surface area contributed by atoms with Crippen LogP contribution in [0.25, 0.3) is 0 Å². The molecule has 2 fully saturated rings. The number of fused-ring (bicyclic) bond motifs is 2. The van der Waals surface area contributed by atoms with Gasteiger partial charge in [0, 0.05) is 36.0 Å². The van der Waals surface area contributed by atoms with Crippen LogP contribution in [0.15, 0.2) is 42.6 Å². The summed E-state index contributed by atoms with van der Waals surface area (Å²) in [4.78, 5) is 16.6. The van der Waals surface area contributed by atoms with E-state index < -0.39 is 0 Å². The van der Waals surface area contributed by atoms with Crippen molar-refractivity contribution in [1.82, 2.24) is 15.6 Å². The van der Waals surface area contributed by atoms with E-state index in [0.29, 0.717) is 29.3 Å². The van der Waals surface area contributed by atoms with E-state index in [-0.39, 0.29) is 11.9 Å². The third-order valence-corrected chi connectivity index (χ3v) is 4.85. The molecule has 24 heavy (non-hydrogen) atoms. The van der Waals surface area contributed by atoms with E-state index in [9.17, 15) is 4.79 Å². The summed E-state index contributed by atoms with van der Waals surface area (Å²) < 4.78 is 5.71. The summed E-state index contributed by atoms with van der Waals surface area (Å²) in [5, 5.41) is 6.68. The number of carbonyl (C=O) groups excluding carboxylic acids is 1.